The molecule has 6 heteroatoms. The fourth-order valence-corrected chi connectivity index (χ4v) is 1.72. The monoisotopic (exact) mass is 266 g/mol. The van der Waals surface area contributed by atoms with E-state index < -0.39 is 17.8 Å². The smallest absolute Gasteiger partial charge is 0.330 e. The van der Waals surface area contributed by atoms with Crippen molar-refractivity contribution in [3.05, 3.63) is 34.3 Å². The maximum Gasteiger partial charge on any atom is 0.417 e. The van der Waals surface area contributed by atoms with E-state index in [1.165, 1.54) is 12.1 Å². The van der Waals surface area contributed by atoms with Gasteiger partial charge in [0.25, 0.3) is 0 Å². The van der Waals surface area contributed by atoms with E-state index in [9.17, 15) is 13.2 Å². The summed E-state index contributed by atoms with van der Waals surface area (Å²) in [5.74, 6) is 0. The zero-order valence-electron chi connectivity index (χ0n) is 9.10. The molecule has 0 saturated heterocycles. The number of halogens is 4. The Labute approximate surface area is 103 Å². The van der Waals surface area contributed by atoms with Crippen molar-refractivity contribution >= 4 is 11.6 Å². The Balaban J connectivity index is 2.96. The van der Waals surface area contributed by atoms with Crippen molar-refractivity contribution in [2.75, 3.05) is 6.54 Å². The van der Waals surface area contributed by atoms with Crippen molar-refractivity contribution in [2.24, 2.45) is 11.5 Å². The molecule has 0 unspecified atom stereocenters. The topological polar surface area (TPSA) is 52.0 Å². The normalized spacial score (nSPS) is 13.8. The molecule has 0 aliphatic carbocycles. The zero-order chi connectivity index (χ0) is 13.1. The van der Waals surface area contributed by atoms with Crippen molar-refractivity contribution < 1.29 is 13.2 Å². The average Bonchev–Trinajstić information content (AvgIpc) is 2.25. The molecule has 1 atom stereocenters. The van der Waals surface area contributed by atoms with Gasteiger partial charge in [-0.05, 0) is 37.1 Å². The Kier molecular flexibility index (Phi) is 4.80. The second kappa shape index (κ2) is 5.71. The molecule has 0 saturated carbocycles. The van der Waals surface area contributed by atoms with E-state index in [1.807, 2.05) is 0 Å². The molecule has 1 aromatic carbocycles. The molecule has 4 N–H and O–H groups in total. The molecule has 1 aromatic rings. The Morgan fingerprint density at radius 3 is 2.47 bits per heavy atom. The molecular formula is C11H14ClF3N2. The van der Waals surface area contributed by atoms with E-state index in [-0.39, 0.29) is 5.02 Å². The van der Waals surface area contributed by atoms with Crippen LogP contribution in [0.2, 0.25) is 5.02 Å². The Hall–Kier alpha value is -0.780. The highest BCUT2D eigenvalue weighted by Crippen LogP contribution is 2.36. The number of hydrogen-bond acceptors (Lipinski definition) is 2. The second-order valence-corrected chi connectivity index (χ2v) is 4.18. The lowest BCUT2D eigenvalue weighted by molar-refractivity contribution is -0.137. The quantitative estimate of drug-likeness (QED) is 0.880. The van der Waals surface area contributed by atoms with Crippen LogP contribution in [0.4, 0.5) is 13.2 Å². The molecule has 0 aliphatic rings. The SMILES string of the molecule is NCCC[C@H](N)c1ccc(Cl)c(C(F)(F)F)c1. The first-order chi connectivity index (χ1) is 7.86. The number of hydrogen-bond donors (Lipinski definition) is 2. The first-order valence-electron chi connectivity index (χ1n) is 5.18. The molecule has 0 radical (unpaired) electrons. The Morgan fingerprint density at radius 2 is 1.94 bits per heavy atom. The summed E-state index contributed by atoms with van der Waals surface area (Å²) in [4.78, 5) is 0. The summed E-state index contributed by atoms with van der Waals surface area (Å²) in [5, 5.41) is -0.313. The van der Waals surface area contributed by atoms with Crippen LogP contribution in [0.25, 0.3) is 0 Å². The number of benzene rings is 1. The van der Waals surface area contributed by atoms with Gasteiger partial charge in [0.05, 0.1) is 10.6 Å². The minimum absolute atomic E-state index is 0.313. The van der Waals surface area contributed by atoms with Crippen LogP contribution in [-0.4, -0.2) is 6.54 Å². The van der Waals surface area contributed by atoms with Crippen LogP contribution in [0.1, 0.15) is 30.0 Å². The van der Waals surface area contributed by atoms with Crippen LogP contribution >= 0.6 is 11.6 Å². The molecule has 0 spiro atoms. The van der Waals surface area contributed by atoms with Gasteiger partial charge in [-0.2, -0.15) is 13.2 Å². The summed E-state index contributed by atoms with van der Waals surface area (Å²) in [6.45, 7) is 0.466. The summed E-state index contributed by atoms with van der Waals surface area (Å²) in [5.41, 5.74) is 10.7. The van der Waals surface area contributed by atoms with E-state index >= 15 is 0 Å². The van der Waals surface area contributed by atoms with Gasteiger partial charge in [0.2, 0.25) is 0 Å². The van der Waals surface area contributed by atoms with Crippen LogP contribution in [0.3, 0.4) is 0 Å². The third-order valence-corrected chi connectivity index (χ3v) is 2.77. The van der Waals surface area contributed by atoms with E-state index in [2.05, 4.69) is 0 Å². The van der Waals surface area contributed by atoms with Crippen LogP contribution in [0, 0.1) is 0 Å². The molecule has 0 aliphatic heterocycles. The highest BCUT2D eigenvalue weighted by molar-refractivity contribution is 6.31. The van der Waals surface area contributed by atoms with Crippen molar-refractivity contribution in [3.63, 3.8) is 0 Å². The van der Waals surface area contributed by atoms with Gasteiger partial charge in [0.1, 0.15) is 0 Å². The Bertz CT molecular complexity index is 379. The van der Waals surface area contributed by atoms with E-state index in [1.54, 1.807) is 0 Å². The summed E-state index contributed by atoms with van der Waals surface area (Å²) < 4.78 is 37.8. The molecule has 0 amide bonds. The molecule has 2 nitrogen and oxygen atoms in total. The van der Waals surface area contributed by atoms with Gasteiger partial charge in [-0.25, -0.2) is 0 Å². The maximum absolute atomic E-state index is 12.6. The molecule has 17 heavy (non-hydrogen) atoms. The van der Waals surface area contributed by atoms with Gasteiger partial charge >= 0.3 is 6.18 Å². The van der Waals surface area contributed by atoms with Gasteiger partial charge in [0, 0.05) is 6.04 Å². The lowest BCUT2D eigenvalue weighted by atomic mass is 10.0. The molecule has 0 fully saturated rings. The highest BCUT2D eigenvalue weighted by Gasteiger charge is 2.33. The molecule has 0 heterocycles. The summed E-state index contributed by atoms with van der Waals surface area (Å²) in [6, 6.07) is 3.29. The van der Waals surface area contributed by atoms with Crippen molar-refractivity contribution in [1.82, 2.24) is 0 Å². The van der Waals surface area contributed by atoms with Crippen LogP contribution in [0.15, 0.2) is 18.2 Å². The van der Waals surface area contributed by atoms with Gasteiger partial charge in [-0.15, -0.1) is 0 Å². The third-order valence-electron chi connectivity index (χ3n) is 2.44. The van der Waals surface area contributed by atoms with Crippen molar-refractivity contribution in [3.8, 4) is 0 Å². The van der Waals surface area contributed by atoms with E-state index in [4.69, 9.17) is 23.1 Å². The number of rotatable bonds is 4. The van der Waals surface area contributed by atoms with Gasteiger partial charge in [-0.3, -0.25) is 0 Å². The lowest BCUT2D eigenvalue weighted by Gasteiger charge is -2.15. The first-order valence-corrected chi connectivity index (χ1v) is 5.56. The second-order valence-electron chi connectivity index (χ2n) is 3.77. The predicted octanol–water partition coefficient (Wildman–Crippen LogP) is 3.10. The maximum atomic E-state index is 12.6. The molecule has 1 rings (SSSR count). The van der Waals surface area contributed by atoms with Crippen LogP contribution in [0.5, 0.6) is 0 Å². The number of nitrogens with two attached hydrogens (primary N) is 2. The first kappa shape index (κ1) is 14.3. The van der Waals surface area contributed by atoms with Gasteiger partial charge < -0.3 is 11.5 Å². The summed E-state index contributed by atoms with van der Waals surface area (Å²) in [6.07, 6.45) is -3.23. The van der Waals surface area contributed by atoms with Crippen LogP contribution in [-0.2, 0) is 6.18 Å². The summed E-state index contributed by atoms with van der Waals surface area (Å²) in [7, 11) is 0. The molecule has 0 bridgehead atoms. The van der Waals surface area contributed by atoms with Crippen molar-refractivity contribution in [2.45, 2.75) is 25.1 Å². The summed E-state index contributed by atoms with van der Waals surface area (Å²) >= 11 is 5.51. The standard InChI is InChI=1S/C11H14ClF3N2/c12-9-4-3-7(10(17)2-1-5-16)6-8(9)11(13,14)15/h3-4,6,10H,1-2,5,16-17H2/t10-/m0/s1. The number of alkyl halides is 3. The molecular weight excluding hydrogens is 253 g/mol. The molecule has 0 aromatic heterocycles. The fourth-order valence-electron chi connectivity index (χ4n) is 1.50. The van der Waals surface area contributed by atoms with E-state index in [0.29, 0.717) is 24.9 Å². The zero-order valence-corrected chi connectivity index (χ0v) is 9.85. The molecule has 96 valence electrons. The lowest BCUT2D eigenvalue weighted by Crippen LogP contribution is -2.14. The minimum Gasteiger partial charge on any atom is -0.330 e. The third kappa shape index (κ3) is 3.87. The van der Waals surface area contributed by atoms with Crippen molar-refractivity contribution in [1.29, 1.82) is 0 Å². The Morgan fingerprint density at radius 1 is 1.29 bits per heavy atom. The largest absolute Gasteiger partial charge is 0.417 e. The fraction of sp³-hybridized carbons (Fsp3) is 0.455. The van der Waals surface area contributed by atoms with Crippen LogP contribution < -0.4 is 11.5 Å². The minimum atomic E-state index is -4.46. The average molecular weight is 267 g/mol. The van der Waals surface area contributed by atoms with Gasteiger partial charge in [0.15, 0.2) is 0 Å². The van der Waals surface area contributed by atoms with Gasteiger partial charge in [-0.1, -0.05) is 17.7 Å². The van der Waals surface area contributed by atoms with E-state index in [0.717, 1.165) is 6.07 Å². The highest BCUT2D eigenvalue weighted by atomic mass is 35.5. The predicted molar refractivity (Wildman–Crippen MR) is 61.7 cm³/mol.